The van der Waals surface area contributed by atoms with Crippen LogP contribution in [0.15, 0.2) is 41.3 Å². The fourth-order valence-corrected chi connectivity index (χ4v) is 5.72. The van der Waals surface area contributed by atoms with E-state index >= 15 is 0 Å². The molecular formula is C20H26N2O5S2. The molecule has 0 saturated heterocycles. The molecule has 7 nitrogen and oxygen atoms in total. The van der Waals surface area contributed by atoms with E-state index < -0.39 is 20.0 Å². The van der Waals surface area contributed by atoms with Crippen molar-refractivity contribution in [2.24, 2.45) is 0 Å². The zero-order valence-corrected chi connectivity index (χ0v) is 18.4. The quantitative estimate of drug-likeness (QED) is 0.718. The zero-order valence-electron chi connectivity index (χ0n) is 16.8. The first-order chi connectivity index (χ1) is 13.7. The molecular weight excluding hydrogens is 412 g/mol. The van der Waals surface area contributed by atoms with Crippen LogP contribution in [-0.2, 0) is 39.4 Å². The van der Waals surface area contributed by atoms with Gasteiger partial charge in [-0.3, -0.25) is 4.72 Å². The van der Waals surface area contributed by atoms with E-state index in [4.69, 9.17) is 4.74 Å². The van der Waals surface area contributed by atoms with Crippen molar-refractivity contribution in [3.8, 4) is 5.75 Å². The molecule has 1 N–H and O–H groups in total. The SMILES string of the molecule is CCc1ccc(OC)c(S(=O)(=O)Nc2ccc3c(c2)CN(S(=O)(=O)CC)CC3)c1. The van der Waals surface area contributed by atoms with Gasteiger partial charge in [0, 0.05) is 18.8 Å². The van der Waals surface area contributed by atoms with Crippen LogP contribution in [0.5, 0.6) is 5.75 Å². The van der Waals surface area contributed by atoms with E-state index in [2.05, 4.69) is 4.72 Å². The summed E-state index contributed by atoms with van der Waals surface area (Å²) in [6.45, 7) is 4.25. The second-order valence-corrected chi connectivity index (χ2v) is 10.8. The predicted molar refractivity (Wildman–Crippen MR) is 113 cm³/mol. The van der Waals surface area contributed by atoms with Crippen LogP contribution in [0, 0.1) is 0 Å². The van der Waals surface area contributed by atoms with Crippen LogP contribution in [-0.4, -0.2) is 40.5 Å². The number of rotatable bonds is 7. The van der Waals surface area contributed by atoms with Crippen LogP contribution in [0.2, 0.25) is 0 Å². The van der Waals surface area contributed by atoms with Crippen LogP contribution in [0.4, 0.5) is 5.69 Å². The van der Waals surface area contributed by atoms with Crippen LogP contribution >= 0.6 is 0 Å². The minimum Gasteiger partial charge on any atom is -0.495 e. The number of fused-ring (bicyclic) bond motifs is 1. The molecule has 0 aromatic heterocycles. The summed E-state index contributed by atoms with van der Waals surface area (Å²) in [6, 6.07) is 10.3. The maximum atomic E-state index is 13.0. The third-order valence-electron chi connectivity index (χ3n) is 5.12. The van der Waals surface area contributed by atoms with Gasteiger partial charge in [0.15, 0.2) is 0 Å². The number of sulfonamides is 2. The van der Waals surface area contributed by atoms with Gasteiger partial charge in [0.1, 0.15) is 10.6 Å². The van der Waals surface area contributed by atoms with E-state index in [9.17, 15) is 16.8 Å². The van der Waals surface area contributed by atoms with Crippen molar-refractivity contribution in [1.82, 2.24) is 4.31 Å². The number of methoxy groups -OCH3 is 1. The van der Waals surface area contributed by atoms with Crippen LogP contribution in [0.1, 0.15) is 30.5 Å². The van der Waals surface area contributed by atoms with Crippen molar-refractivity contribution in [2.45, 2.75) is 38.1 Å². The molecule has 1 aliphatic rings. The molecule has 29 heavy (non-hydrogen) atoms. The lowest BCUT2D eigenvalue weighted by Gasteiger charge is -2.28. The molecule has 1 aliphatic heterocycles. The van der Waals surface area contributed by atoms with Gasteiger partial charge in [-0.05, 0) is 60.7 Å². The van der Waals surface area contributed by atoms with Crippen molar-refractivity contribution in [3.63, 3.8) is 0 Å². The van der Waals surface area contributed by atoms with Gasteiger partial charge in [-0.15, -0.1) is 0 Å². The van der Waals surface area contributed by atoms with Gasteiger partial charge < -0.3 is 4.74 Å². The Balaban J connectivity index is 1.91. The summed E-state index contributed by atoms with van der Waals surface area (Å²) >= 11 is 0. The first-order valence-corrected chi connectivity index (χ1v) is 12.6. The maximum Gasteiger partial charge on any atom is 0.265 e. The minimum absolute atomic E-state index is 0.0439. The Bertz CT molecular complexity index is 1110. The van der Waals surface area contributed by atoms with Gasteiger partial charge in [0.25, 0.3) is 10.0 Å². The number of anilines is 1. The molecule has 3 rings (SSSR count). The highest BCUT2D eigenvalue weighted by molar-refractivity contribution is 7.92. The monoisotopic (exact) mass is 438 g/mol. The largest absolute Gasteiger partial charge is 0.495 e. The van der Waals surface area contributed by atoms with Crippen LogP contribution < -0.4 is 9.46 Å². The highest BCUT2D eigenvalue weighted by Gasteiger charge is 2.26. The van der Waals surface area contributed by atoms with Gasteiger partial charge in [-0.2, -0.15) is 4.31 Å². The highest BCUT2D eigenvalue weighted by Crippen LogP contribution is 2.29. The summed E-state index contributed by atoms with van der Waals surface area (Å²) in [5.41, 5.74) is 3.12. The van der Waals surface area contributed by atoms with Crippen molar-refractivity contribution in [1.29, 1.82) is 0 Å². The Kier molecular flexibility index (Phi) is 6.21. The number of nitrogens with one attached hydrogen (secondary N) is 1. The molecule has 0 fully saturated rings. The number of hydrogen-bond acceptors (Lipinski definition) is 5. The van der Waals surface area contributed by atoms with Crippen molar-refractivity contribution in [3.05, 3.63) is 53.1 Å². The van der Waals surface area contributed by atoms with Crippen molar-refractivity contribution < 1.29 is 21.6 Å². The van der Waals surface area contributed by atoms with Gasteiger partial charge in [0.2, 0.25) is 10.0 Å². The summed E-state index contributed by atoms with van der Waals surface area (Å²) in [7, 11) is -5.73. The summed E-state index contributed by atoms with van der Waals surface area (Å²) in [5.74, 6) is 0.315. The van der Waals surface area contributed by atoms with Gasteiger partial charge in [-0.1, -0.05) is 19.1 Å². The van der Waals surface area contributed by atoms with E-state index in [1.165, 1.54) is 11.4 Å². The standard InChI is InChI=1S/C20H26N2O5S2/c1-4-15-6-9-19(27-3)20(12-15)29(25,26)21-18-8-7-16-10-11-22(14-17(16)13-18)28(23,24)5-2/h6-9,12-13,21H,4-5,10-11,14H2,1-3H3. The summed E-state index contributed by atoms with van der Waals surface area (Å²) in [6.07, 6.45) is 1.31. The Hall–Kier alpha value is -2.10. The molecule has 0 atom stereocenters. The molecule has 0 saturated carbocycles. The number of benzene rings is 2. The smallest absolute Gasteiger partial charge is 0.265 e. The fraction of sp³-hybridized carbons (Fsp3) is 0.400. The molecule has 1 heterocycles. The molecule has 0 amide bonds. The average molecular weight is 439 g/mol. The van der Waals surface area contributed by atoms with Crippen molar-refractivity contribution in [2.75, 3.05) is 24.1 Å². The molecule has 0 unspecified atom stereocenters. The van der Waals surface area contributed by atoms with Crippen molar-refractivity contribution >= 4 is 25.7 Å². The molecule has 0 radical (unpaired) electrons. The van der Waals surface area contributed by atoms with E-state index in [1.54, 1.807) is 31.2 Å². The lowest BCUT2D eigenvalue weighted by Crippen LogP contribution is -2.36. The summed E-state index contributed by atoms with van der Waals surface area (Å²) < 4.78 is 59.6. The van der Waals surface area contributed by atoms with Gasteiger partial charge >= 0.3 is 0 Å². The predicted octanol–water partition coefficient (Wildman–Crippen LogP) is 2.77. The van der Waals surface area contributed by atoms with Gasteiger partial charge in [-0.25, -0.2) is 16.8 Å². The third kappa shape index (κ3) is 4.57. The molecule has 0 aliphatic carbocycles. The Morgan fingerprint density at radius 2 is 1.79 bits per heavy atom. The first kappa shape index (κ1) is 21.6. The molecule has 0 bridgehead atoms. The molecule has 158 valence electrons. The summed E-state index contributed by atoms with van der Waals surface area (Å²) in [4.78, 5) is 0.0762. The topological polar surface area (TPSA) is 92.8 Å². The second-order valence-electron chi connectivity index (χ2n) is 6.91. The zero-order chi connectivity index (χ0) is 21.2. The lowest BCUT2D eigenvalue weighted by molar-refractivity contribution is 0.392. The van der Waals surface area contributed by atoms with E-state index in [0.717, 1.165) is 16.7 Å². The Morgan fingerprint density at radius 3 is 2.45 bits per heavy atom. The number of ether oxygens (including phenoxy) is 1. The van der Waals surface area contributed by atoms with Crippen LogP contribution in [0.25, 0.3) is 0 Å². The normalized spacial score (nSPS) is 15.0. The first-order valence-electron chi connectivity index (χ1n) is 9.49. The Morgan fingerprint density at radius 1 is 1.03 bits per heavy atom. The Labute approximate surface area is 172 Å². The fourth-order valence-electron chi connectivity index (χ4n) is 3.38. The minimum atomic E-state index is -3.87. The third-order valence-corrected chi connectivity index (χ3v) is 8.35. The lowest BCUT2D eigenvalue weighted by atomic mass is 10.0. The van der Waals surface area contributed by atoms with E-state index in [1.807, 2.05) is 19.1 Å². The van der Waals surface area contributed by atoms with E-state index in [-0.39, 0.29) is 22.9 Å². The van der Waals surface area contributed by atoms with E-state index in [0.29, 0.717) is 25.1 Å². The maximum absolute atomic E-state index is 13.0. The number of hydrogen-bond donors (Lipinski definition) is 1. The number of nitrogens with zero attached hydrogens (tertiary/aromatic N) is 1. The molecule has 2 aromatic carbocycles. The molecule has 9 heteroatoms. The van der Waals surface area contributed by atoms with Crippen LogP contribution in [0.3, 0.4) is 0 Å². The second kappa shape index (κ2) is 8.33. The number of aryl methyl sites for hydroxylation is 1. The highest BCUT2D eigenvalue weighted by atomic mass is 32.2. The molecule has 0 spiro atoms. The summed E-state index contributed by atoms with van der Waals surface area (Å²) in [5, 5.41) is 0. The molecule has 2 aromatic rings. The van der Waals surface area contributed by atoms with Gasteiger partial charge in [0.05, 0.1) is 12.9 Å². The average Bonchev–Trinajstić information content (AvgIpc) is 2.72.